The maximum absolute atomic E-state index is 4.80. The molecule has 3 heterocycles. The lowest BCUT2D eigenvalue weighted by atomic mass is 10.0. The summed E-state index contributed by atoms with van der Waals surface area (Å²) in [6.07, 6.45) is 1.87. The number of nitrogens with zero attached hydrogens (tertiary/aromatic N) is 3. The summed E-state index contributed by atoms with van der Waals surface area (Å²) in [4.78, 5) is 9.59. The third-order valence-electron chi connectivity index (χ3n) is 5.22. The van der Waals surface area contributed by atoms with Crippen molar-refractivity contribution in [2.45, 2.75) is 0 Å². The Labute approximate surface area is 161 Å². The molecule has 132 valence electrons. The van der Waals surface area contributed by atoms with Gasteiger partial charge in [-0.2, -0.15) is 0 Å². The number of nitrogens with one attached hydrogen (secondary N) is 1. The van der Waals surface area contributed by atoms with Crippen molar-refractivity contribution in [2.75, 3.05) is 0 Å². The lowest BCUT2D eigenvalue weighted by molar-refractivity contribution is 0.901. The van der Waals surface area contributed by atoms with E-state index in [0.29, 0.717) is 0 Å². The van der Waals surface area contributed by atoms with Crippen molar-refractivity contribution in [3.05, 3.63) is 91.1 Å². The molecule has 3 aromatic heterocycles. The predicted molar refractivity (Wildman–Crippen MR) is 114 cm³/mol. The fraction of sp³-hybridized carbons (Fsp3) is 0. The number of H-pyrrole nitrogens is 1. The quantitative estimate of drug-likeness (QED) is 0.429. The van der Waals surface area contributed by atoms with E-state index in [-0.39, 0.29) is 0 Å². The molecule has 0 bridgehead atoms. The summed E-state index contributed by atoms with van der Waals surface area (Å²) < 4.78 is 2.05. The van der Waals surface area contributed by atoms with Crippen LogP contribution in [0.5, 0.6) is 0 Å². The summed E-state index contributed by atoms with van der Waals surface area (Å²) in [7, 11) is 0. The Morgan fingerprint density at radius 2 is 1.39 bits per heavy atom. The van der Waals surface area contributed by atoms with Crippen molar-refractivity contribution >= 4 is 32.8 Å². The maximum Gasteiger partial charge on any atom is 0.162 e. The predicted octanol–water partition coefficient (Wildman–Crippen LogP) is 5.72. The van der Waals surface area contributed by atoms with Gasteiger partial charge in [-0.15, -0.1) is 0 Å². The van der Waals surface area contributed by atoms with Crippen LogP contribution in [-0.4, -0.2) is 19.7 Å². The molecule has 0 atom stereocenters. The first-order valence-electron chi connectivity index (χ1n) is 9.29. The molecule has 3 aromatic carbocycles. The van der Waals surface area contributed by atoms with Crippen LogP contribution in [0.15, 0.2) is 91.1 Å². The maximum atomic E-state index is 4.80. The van der Waals surface area contributed by atoms with Gasteiger partial charge in [-0.3, -0.25) is 5.10 Å². The molecule has 0 unspecified atom stereocenters. The Morgan fingerprint density at radius 3 is 2.21 bits per heavy atom. The Hall–Kier alpha value is -3.92. The van der Waals surface area contributed by atoms with Gasteiger partial charge in [0.25, 0.3) is 0 Å². The second kappa shape index (κ2) is 5.79. The number of para-hydroxylation sites is 2. The zero-order valence-electron chi connectivity index (χ0n) is 15.0. The van der Waals surface area contributed by atoms with Gasteiger partial charge in [-0.1, -0.05) is 66.7 Å². The molecule has 0 fully saturated rings. The largest absolute Gasteiger partial charge is 0.291 e. The molecular formula is C24H16N4. The minimum absolute atomic E-state index is 0.899. The van der Waals surface area contributed by atoms with Crippen LogP contribution in [-0.2, 0) is 0 Å². The van der Waals surface area contributed by atoms with Gasteiger partial charge >= 0.3 is 0 Å². The third-order valence-corrected chi connectivity index (χ3v) is 5.22. The van der Waals surface area contributed by atoms with Crippen molar-refractivity contribution in [1.29, 1.82) is 0 Å². The Balaban J connectivity index is 1.82. The number of pyridine rings is 1. The van der Waals surface area contributed by atoms with Crippen LogP contribution in [0.1, 0.15) is 0 Å². The molecule has 6 rings (SSSR count). The number of aromatic amines is 1. The van der Waals surface area contributed by atoms with Gasteiger partial charge in [0.2, 0.25) is 0 Å². The molecule has 0 radical (unpaired) electrons. The fourth-order valence-corrected chi connectivity index (χ4v) is 3.97. The first-order valence-corrected chi connectivity index (χ1v) is 9.29. The molecule has 0 saturated heterocycles. The first-order chi connectivity index (χ1) is 13.9. The van der Waals surface area contributed by atoms with Crippen molar-refractivity contribution in [3.63, 3.8) is 0 Å². The molecule has 0 aliphatic carbocycles. The van der Waals surface area contributed by atoms with Gasteiger partial charge in [-0.05, 0) is 18.2 Å². The average molecular weight is 360 g/mol. The van der Waals surface area contributed by atoms with Crippen molar-refractivity contribution in [3.8, 4) is 16.9 Å². The molecule has 0 amide bonds. The van der Waals surface area contributed by atoms with E-state index in [4.69, 9.17) is 9.97 Å². The number of benzene rings is 3. The van der Waals surface area contributed by atoms with Crippen molar-refractivity contribution in [1.82, 2.24) is 19.7 Å². The molecule has 0 spiro atoms. The fourth-order valence-electron chi connectivity index (χ4n) is 3.97. The van der Waals surface area contributed by atoms with Crippen LogP contribution in [0.4, 0.5) is 0 Å². The minimum atomic E-state index is 0.899. The van der Waals surface area contributed by atoms with Crippen LogP contribution < -0.4 is 0 Å². The van der Waals surface area contributed by atoms with Crippen LogP contribution in [0.2, 0.25) is 0 Å². The first kappa shape index (κ1) is 15.2. The van der Waals surface area contributed by atoms with Gasteiger partial charge < -0.3 is 0 Å². The highest BCUT2D eigenvalue weighted by atomic mass is 15.3. The van der Waals surface area contributed by atoms with Crippen LogP contribution in [0.3, 0.4) is 0 Å². The monoisotopic (exact) mass is 360 g/mol. The van der Waals surface area contributed by atoms with Gasteiger partial charge in [0.15, 0.2) is 5.65 Å². The van der Waals surface area contributed by atoms with E-state index in [1.54, 1.807) is 0 Å². The highest BCUT2D eigenvalue weighted by molar-refractivity contribution is 6.22. The summed E-state index contributed by atoms with van der Waals surface area (Å²) in [5, 5.41) is 6.99. The molecule has 4 heteroatoms. The summed E-state index contributed by atoms with van der Waals surface area (Å²) in [5.41, 5.74) is 6.04. The molecule has 6 aromatic rings. The zero-order chi connectivity index (χ0) is 18.5. The zero-order valence-corrected chi connectivity index (χ0v) is 15.0. The SMILES string of the molecule is c1ccc(-c2[nH]n(-c3ccccc3)c3ncc4nc5ccccc5c4c23)cc1. The molecule has 4 nitrogen and oxygen atoms in total. The van der Waals surface area contributed by atoms with Crippen molar-refractivity contribution < 1.29 is 0 Å². The summed E-state index contributed by atoms with van der Waals surface area (Å²) in [6, 6.07) is 28.9. The van der Waals surface area contributed by atoms with E-state index in [9.17, 15) is 0 Å². The molecule has 0 saturated carbocycles. The normalized spacial score (nSPS) is 11.6. The van der Waals surface area contributed by atoms with E-state index in [1.807, 2.05) is 36.5 Å². The van der Waals surface area contributed by atoms with Crippen LogP contribution in [0, 0.1) is 0 Å². The average Bonchev–Trinajstić information content (AvgIpc) is 3.33. The number of fused-ring (bicyclic) bond motifs is 5. The number of rotatable bonds is 2. The second-order valence-electron chi connectivity index (χ2n) is 6.87. The Bertz CT molecular complexity index is 1440. The Morgan fingerprint density at radius 1 is 0.679 bits per heavy atom. The van der Waals surface area contributed by atoms with E-state index in [0.717, 1.165) is 49.8 Å². The molecule has 0 aliphatic heterocycles. The highest BCUT2D eigenvalue weighted by Gasteiger charge is 2.19. The topological polar surface area (TPSA) is 46.5 Å². The summed E-state index contributed by atoms with van der Waals surface area (Å²) >= 11 is 0. The summed E-state index contributed by atoms with van der Waals surface area (Å²) in [5.74, 6) is 0. The number of hydrogen-bond acceptors (Lipinski definition) is 2. The minimum Gasteiger partial charge on any atom is -0.291 e. The van der Waals surface area contributed by atoms with Crippen molar-refractivity contribution in [2.24, 2.45) is 0 Å². The van der Waals surface area contributed by atoms with Crippen LogP contribution in [0.25, 0.3) is 49.8 Å². The van der Waals surface area contributed by atoms with Gasteiger partial charge in [0.1, 0.15) is 0 Å². The number of aromatic nitrogens is 4. The van der Waals surface area contributed by atoms with E-state index in [1.165, 1.54) is 0 Å². The molecule has 28 heavy (non-hydrogen) atoms. The van der Waals surface area contributed by atoms with E-state index in [2.05, 4.69) is 64.4 Å². The highest BCUT2D eigenvalue weighted by Crippen LogP contribution is 2.37. The molecular weight excluding hydrogens is 344 g/mol. The number of hydrogen-bond donors (Lipinski definition) is 1. The summed E-state index contributed by atoms with van der Waals surface area (Å²) in [6.45, 7) is 0. The third kappa shape index (κ3) is 2.12. The Kier molecular flexibility index (Phi) is 3.14. The van der Waals surface area contributed by atoms with Gasteiger partial charge in [-0.25, -0.2) is 14.6 Å². The van der Waals surface area contributed by atoms with E-state index < -0.39 is 0 Å². The van der Waals surface area contributed by atoms with Gasteiger partial charge in [0, 0.05) is 16.3 Å². The second-order valence-corrected chi connectivity index (χ2v) is 6.87. The lowest BCUT2D eigenvalue weighted by Gasteiger charge is -2.03. The van der Waals surface area contributed by atoms with Gasteiger partial charge in [0.05, 0.1) is 34.0 Å². The molecule has 1 N–H and O–H groups in total. The molecule has 0 aliphatic rings. The standard InChI is InChI=1S/C24H16N4/c1-3-9-16(10-4-1)23-22-21-18-13-7-8-14-19(18)26-20(21)15-25-24(22)28(27-23)17-11-5-2-6-12-17/h1-15,27H. The smallest absolute Gasteiger partial charge is 0.162 e. The lowest BCUT2D eigenvalue weighted by Crippen LogP contribution is -1.97. The van der Waals surface area contributed by atoms with Crippen LogP contribution >= 0.6 is 0 Å². The van der Waals surface area contributed by atoms with E-state index >= 15 is 0 Å².